The molecule has 1 heterocycles. The van der Waals surface area contributed by atoms with Crippen molar-refractivity contribution in [1.29, 1.82) is 0 Å². The summed E-state index contributed by atoms with van der Waals surface area (Å²) in [4.78, 5) is 0. The van der Waals surface area contributed by atoms with Gasteiger partial charge in [-0.15, -0.1) is 0 Å². The quantitative estimate of drug-likeness (QED) is 0.453. The van der Waals surface area contributed by atoms with Gasteiger partial charge in [0.15, 0.2) is 0 Å². The fraction of sp³-hybridized carbons (Fsp3) is 1.00. The third-order valence-corrected chi connectivity index (χ3v) is 3.78. The molecule has 1 aliphatic rings. The van der Waals surface area contributed by atoms with Crippen molar-refractivity contribution in [3.63, 3.8) is 0 Å². The van der Waals surface area contributed by atoms with Crippen LogP contribution in [0, 0.1) is 5.92 Å². The standard InChI is InChI=1S/C13H26O7/c1-7(15)11(18-3)6-19-5-9-8(2)20-10(4-14)13(17)12(9)16/h7-17H,4-6H2,1-3H3/t7-,8?,9-,10-,11-,12-,13?/m0/s1. The van der Waals surface area contributed by atoms with Gasteiger partial charge in [0.25, 0.3) is 0 Å². The Balaban J connectivity index is 2.46. The molecular weight excluding hydrogens is 268 g/mol. The molecule has 0 aromatic heterocycles. The number of rotatable bonds is 7. The van der Waals surface area contributed by atoms with Gasteiger partial charge >= 0.3 is 0 Å². The van der Waals surface area contributed by atoms with Crippen molar-refractivity contribution in [2.75, 3.05) is 26.9 Å². The van der Waals surface area contributed by atoms with E-state index in [4.69, 9.17) is 19.3 Å². The largest absolute Gasteiger partial charge is 0.394 e. The van der Waals surface area contributed by atoms with E-state index < -0.39 is 36.4 Å². The van der Waals surface area contributed by atoms with Gasteiger partial charge in [-0.3, -0.25) is 0 Å². The molecule has 1 aliphatic heterocycles. The van der Waals surface area contributed by atoms with Crippen LogP contribution in [-0.4, -0.2) is 84.0 Å². The lowest BCUT2D eigenvalue weighted by molar-refractivity contribution is -0.215. The summed E-state index contributed by atoms with van der Waals surface area (Å²) in [6, 6.07) is 0. The lowest BCUT2D eigenvalue weighted by Gasteiger charge is -2.41. The van der Waals surface area contributed by atoms with Gasteiger partial charge in [-0.05, 0) is 13.8 Å². The molecule has 0 spiro atoms. The van der Waals surface area contributed by atoms with Gasteiger partial charge in [0.2, 0.25) is 0 Å². The molecule has 4 N–H and O–H groups in total. The molecule has 1 fully saturated rings. The van der Waals surface area contributed by atoms with E-state index >= 15 is 0 Å². The van der Waals surface area contributed by atoms with Crippen molar-refractivity contribution in [1.82, 2.24) is 0 Å². The molecule has 1 saturated heterocycles. The van der Waals surface area contributed by atoms with Gasteiger partial charge in [-0.1, -0.05) is 0 Å². The Hall–Kier alpha value is -0.280. The maximum atomic E-state index is 10.0. The molecule has 0 bridgehead atoms. The van der Waals surface area contributed by atoms with E-state index in [2.05, 4.69) is 0 Å². The zero-order chi connectivity index (χ0) is 15.3. The number of ether oxygens (including phenoxy) is 3. The van der Waals surface area contributed by atoms with Crippen LogP contribution in [-0.2, 0) is 14.2 Å². The maximum absolute atomic E-state index is 10.0. The molecule has 0 aromatic carbocycles. The number of hydrogen-bond acceptors (Lipinski definition) is 7. The molecule has 7 nitrogen and oxygen atoms in total. The average molecular weight is 294 g/mol. The van der Waals surface area contributed by atoms with Gasteiger partial charge in [0.1, 0.15) is 18.3 Å². The zero-order valence-corrected chi connectivity index (χ0v) is 12.2. The average Bonchev–Trinajstić information content (AvgIpc) is 2.41. The third kappa shape index (κ3) is 4.36. The third-order valence-electron chi connectivity index (χ3n) is 3.78. The second-order valence-electron chi connectivity index (χ2n) is 5.26. The first-order valence-corrected chi connectivity index (χ1v) is 6.83. The lowest BCUT2D eigenvalue weighted by atomic mass is 9.88. The molecule has 120 valence electrons. The normalized spacial score (nSPS) is 37.6. The highest BCUT2D eigenvalue weighted by molar-refractivity contribution is 4.90. The molecule has 0 amide bonds. The Kier molecular flexibility index (Phi) is 7.32. The fourth-order valence-electron chi connectivity index (χ4n) is 2.32. The molecule has 0 saturated carbocycles. The molecule has 1 rings (SSSR count). The van der Waals surface area contributed by atoms with Gasteiger partial charge in [-0.25, -0.2) is 0 Å². The van der Waals surface area contributed by atoms with Crippen LogP contribution in [0.25, 0.3) is 0 Å². The number of methoxy groups -OCH3 is 1. The Morgan fingerprint density at radius 1 is 1.25 bits per heavy atom. The summed E-state index contributed by atoms with van der Waals surface area (Å²) in [6.07, 6.45) is -4.39. The summed E-state index contributed by atoms with van der Waals surface area (Å²) >= 11 is 0. The van der Waals surface area contributed by atoms with Gasteiger partial charge in [-0.2, -0.15) is 0 Å². The Bertz CT molecular complexity index is 273. The van der Waals surface area contributed by atoms with Crippen molar-refractivity contribution in [3.8, 4) is 0 Å². The predicted molar refractivity (Wildman–Crippen MR) is 70.2 cm³/mol. The Labute approximate surface area is 119 Å². The first-order chi connectivity index (χ1) is 9.42. The molecule has 0 aliphatic carbocycles. The zero-order valence-electron chi connectivity index (χ0n) is 12.2. The van der Waals surface area contributed by atoms with E-state index in [9.17, 15) is 15.3 Å². The molecule has 20 heavy (non-hydrogen) atoms. The van der Waals surface area contributed by atoms with Crippen LogP contribution >= 0.6 is 0 Å². The highest BCUT2D eigenvalue weighted by atomic mass is 16.5. The predicted octanol–water partition coefficient (Wildman–Crippen LogP) is -1.48. The number of aliphatic hydroxyl groups is 4. The van der Waals surface area contributed by atoms with E-state index in [-0.39, 0.29) is 25.9 Å². The van der Waals surface area contributed by atoms with Gasteiger partial charge < -0.3 is 34.6 Å². The van der Waals surface area contributed by atoms with Crippen molar-refractivity contribution < 1.29 is 34.6 Å². The van der Waals surface area contributed by atoms with Crippen molar-refractivity contribution in [2.24, 2.45) is 5.92 Å². The summed E-state index contributed by atoms with van der Waals surface area (Å²) in [5.74, 6) is -0.403. The minimum absolute atomic E-state index is 0.171. The highest BCUT2D eigenvalue weighted by Crippen LogP contribution is 2.26. The molecule has 7 atom stereocenters. The highest BCUT2D eigenvalue weighted by Gasteiger charge is 2.42. The van der Waals surface area contributed by atoms with Crippen molar-refractivity contribution >= 4 is 0 Å². The summed E-state index contributed by atoms with van der Waals surface area (Å²) in [7, 11) is 1.48. The van der Waals surface area contributed by atoms with Crippen molar-refractivity contribution in [2.45, 2.75) is 50.5 Å². The van der Waals surface area contributed by atoms with Gasteiger partial charge in [0, 0.05) is 13.0 Å². The van der Waals surface area contributed by atoms with Crippen LogP contribution in [0.5, 0.6) is 0 Å². The fourth-order valence-corrected chi connectivity index (χ4v) is 2.32. The summed E-state index contributed by atoms with van der Waals surface area (Å²) in [5, 5.41) is 38.3. The lowest BCUT2D eigenvalue weighted by Crippen LogP contribution is -2.56. The second kappa shape index (κ2) is 8.23. The Morgan fingerprint density at radius 2 is 1.90 bits per heavy atom. The SMILES string of the molecule is CO[C@@H](COC[C@H]1C(C)O[C@@H](CO)C(O)[C@H]1O)[C@H](C)O. The van der Waals surface area contributed by atoms with Crippen LogP contribution in [0.15, 0.2) is 0 Å². The summed E-state index contributed by atoms with van der Waals surface area (Å²) in [6.45, 7) is 3.38. The molecule has 2 unspecified atom stereocenters. The van der Waals surface area contributed by atoms with E-state index in [0.29, 0.717) is 0 Å². The minimum atomic E-state index is -1.14. The van der Waals surface area contributed by atoms with Crippen LogP contribution in [0.2, 0.25) is 0 Å². The van der Waals surface area contributed by atoms with Crippen LogP contribution in [0.3, 0.4) is 0 Å². The van der Waals surface area contributed by atoms with Crippen LogP contribution < -0.4 is 0 Å². The van der Waals surface area contributed by atoms with E-state index in [0.717, 1.165) is 0 Å². The molecular formula is C13H26O7. The summed E-state index contributed by atoms with van der Waals surface area (Å²) < 4.78 is 15.9. The topological polar surface area (TPSA) is 109 Å². The smallest absolute Gasteiger partial charge is 0.109 e. The maximum Gasteiger partial charge on any atom is 0.109 e. The van der Waals surface area contributed by atoms with Crippen LogP contribution in [0.4, 0.5) is 0 Å². The second-order valence-corrected chi connectivity index (χ2v) is 5.26. The number of aliphatic hydroxyl groups excluding tert-OH is 4. The summed E-state index contributed by atoms with van der Waals surface area (Å²) in [5.41, 5.74) is 0. The minimum Gasteiger partial charge on any atom is -0.394 e. The first-order valence-electron chi connectivity index (χ1n) is 6.83. The molecule has 7 heteroatoms. The van der Waals surface area contributed by atoms with E-state index in [1.165, 1.54) is 7.11 Å². The monoisotopic (exact) mass is 294 g/mol. The first kappa shape index (κ1) is 17.8. The van der Waals surface area contributed by atoms with Crippen molar-refractivity contribution in [3.05, 3.63) is 0 Å². The van der Waals surface area contributed by atoms with Gasteiger partial charge in [0.05, 0.1) is 38.1 Å². The molecule has 0 radical (unpaired) electrons. The van der Waals surface area contributed by atoms with E-state index in [1.807, 2.05) is 0 Å². The molecule has 0 aromatic rings. The van der Waals surface area contributed by atoms with Crippen LogP contribution in [0.1, 0.15) is 13.8 Å². The Morgan fingerprint density at radius 3 is 2.40 bits per heavy atom. The number of hydrogen-bond donors (Lipinski definition) is 4. The van der Waals surface area contributed by atoms with E-state index in [1.54, 1.807) is 13.8 Å².